The Morgan fingerprint density at radius 3 is 2.88 bits per heavy atom. The Morgan fingerprint density at radius 1 is 1.41 bits per heavy atom. The van der Waals surface area contributed by atoms with Crippen LogP contribution in [0.2, 0.25) is 0 Å². The maximum absolute atomic E-state index is 12.0. The van der Waals surface area contributed by atoms with Crippen molar-refractivity contribution in [2.45, 2.75) is 18.9 Å². The van der Waals surface area contributed by atoms with E-state index in [0.29, 0.717) is 6.54 Å². The first-order valence-corrected chi connectivity index (χ1v) is 6.05. The molecular weight excluding hydrogens is 212 g/mol. The number of hydrogen-bond donors (Lipinski definition) is 1. The highest BCUT2D eigenvalue weighted by Crippen LogP contribution is 2.16. The second kappa shape index (κ2) is 5.64. The molecule has 1 amide bonds. The Bertz CT molecular complexity index is 400. The van der Waals surface area contributed by atoms with Crippen LogP contribution in [-0.2, 0) is 4.79 Å². The number of nitrogens with two attached hydrogens (primary N) is 1. The molecule has 2 rings (SSSR count). The summed E-state index contributed by atoms with van der Waals surface area (Å²) in [7, 11) is 0. The van der Waals surface area contributed by atoms with Gasteiger partial charge in [0.2, 0.25) is 5.91 Å². The normalized spacial score (nSPS) is 20.1. The maximum Gasteiger partial charge on any atom is 0.246 e. The van der Waals surface area contributed by atoms with Gasteiger partial charge in [-0.15, -0.1) is 0 Å². The van der Waals surface area contributed by atoms with Crippen molar-refractivity contribution < 1.29 is 4.79 Å². The molecule has 1 aromatic carbocycles. The van der Waals surface area contributed by atoms with Crippen LogP contribution < -0.4 is 5.73 Å². The second-order valence-corrected chi connectivity index (χ2v) is 4.31. The fourth-order valence-electron chi connectivity index (χ4n) is 2.20. The third-order valence-electron chi connectivity index (χ3n) is 3.15. The number of benzene rings is 1. The van der Waals surface area contributed by atoms with E-state index in [2.05, 4.69) is 0 Å². The predicted octanol–water partition coefficient (Wildman–Crippen LogP) is 1.65. The molecule has 1 aliphatic heterocycles. The molecule has 0 saturated carbocycles. The van der Waals surface area contributed by atoms with Crippen LogP contribution in [0, 0.1) is 0 Å². The maximum atomic E-state index is 12.0. The van der Waals surface area contributed by atoms with Gasteiger partial charge in [0.1, 0.15) is 0 Å². The van der Waals surface area contributed by atoms with E-state index in [1.165, 1.54) is 0 Å². The van der Waals surface area contributed by atoms with Gasteiger partial charge < -0.3 is 10.6 Å². The summed E-state index contributed by atoms with van der Waals surface area (Å²) in [6.07, 6.45) is 5.59. The number of likely N-dealkylation sites (tertiary alicyclic amines) is 1. The molecule has 1 fully saturated rings. The molecule has 1 aromatic rings. The van der Waals surface area contributed by atoms with E-state index in [1.807, 2.05) is 41.3 Å². The Morgan fingerprint density at radius 2 is 2.18 bits per heavy atom. The highest BCUT2D eigenvalue weighted by molar-refractivity contribution is 5.92. The minimum Gasteiger partial charge on any atom is -0.335 e. The molecular formula is C14H18N2O. The Labute approximate surface area is 102 Å². The summed E-state index contributed by atoms with van der Waals surface area (Å²) >= 11 is 0. The molecule has 2 N–H and O–H groups in total. The van der Waals surface area contributed by atoms with E-state index in [1.54, 1.807) is 6.08 Å². The van der Waals surface area contributed by atoms with Crippen molar-refractivity contribution in [1.29, 1.82) is 0 Å². The molecule has 0 aliphatic carbocycles. The molecule has 1 heterocycles. The minimum atomic E-state index is 0.0711. The zero-order valence-corrected chi connectivity index (χ0v) is 9.88. The number of rotatable bonds is 3. The highest BCUT2D eigenvalue weighted by Gasteiger charge is 2.25. The van der Waals surface area contributed by atoms with E-state index in [4.69, 9.17) is 5.73 Å². The Balaban J connectivity index is 1.99. The Hall–Kier alpha value is -1.61. The topological polar surface area (TPSA) is 46.3 Å². The quantitative estimate of drug-likeness (QED) is 0.802. The molecule has 0 aromatic heterocycles. The van der Waals surface area contributed by atoms with Crippen LogP contribution in [0.25, 0.3) is 6.08 Å². The van der Waals surface area contributed by atoms with E-state index >= 15 is 0 Å². The van der Waals surface area contributed by atoms with Crippen molar-refractivity contribution in [2.75, 3.05) is 13.1 Å². The van der Waals surface area contributed by atoms with Crippen LogP contribution in [0.1, 0.15) is 18.4 Å². The van der Waals surface area contributed by atoms with Crippen LogP contribution in [0.5, 0.6) is 0 Å². The van der Waals surface area contributed by atoms with E-state index < -0.39 is 0 Å². The monoisotopic (exact) mass is 230 g/mol. The lowest BCUT2D eigenvalue weighted by atomic mass is 10.2. The molecule has 0 radical (unpaired) electrons. The zero-order valence-electron chi connectivity index (χ0n) is 9.88. The first kappa shape index (κ1) is 11.9. The van der Waals surface area contributed by atoms with Crippen molar-refractivity contribution >= 4 is 12.0 Å². The first-order chi connectivity index (χ1) is 8.31. The average molecular weight is 230 g/mol. The molecule has 1 aliphatic rings. The lowest BCUT2D eigenvalue weighted by molar-refractivity contribution is -0.126. The minimum absolute atomic E-state index is 0.0711. The smallest absolute Gasteiger partial charge is 0.246 e. The fourth-order valence-corrected chi connectivity index (χ4v) is 2.20. The molecule has 1 saturated heterocycles. The van der Waals surface area contributed by atoms with Gasteiger partial charge in [0.15, 0.2) is 0 Å². The van der Waals surface area contributed by atoms with Crippen LogP contribution in [0.4, 0.5) is 0 Å². The van der Waals surface area contributed by atoms with Gasteiger partial charge in [0.05, 0.1) is 0 Å². The molecule has 1 unspecified atom stereocenters. The third kappa shape index (κ3) is 2.94. The molecule has 0 bridgehead atoms. The van der Waals surface area contributed by atoms with Crippen molar-refractivity contribution in [2.24, 2.45) is 5.73 Å². The van der Waals surface area contributed by atoms with Crippen molar-refractivity contribution in [3.8, 4) is 0 Å². The summed E-state index contributed by atoms with van der Waals surface area (Å²) in [4.78, 5) is 13.8. The average Bonchev–Trinajstić information content (AvgIpc) is 2.85. The van der Waals surface area contributed by atoms with Crippen molar-refractivity contribution in [1.82, 2.24) is 4.90 Å². The standard InChI is InChI=1S/C14H18N2O/c15-11-13-7-4-10-16(13)14(17)9-8-12-5-2-1-3-6-12/h1-3,5-6,8-9,13H,4,7,10-11,15H2/b9-8+. The number of amides is 1. The van der Waals surface area contributed by atoms with Crippen LogP contribution in [0.15, 0.2) is 36.4 Å². The van der Waals surface area contributed by atoms with Gasteiger partial charge in [-0.25, -0.2) is 0 Å². The summed E-state index contributed by atoms with van der Waals surface area (Å²) in [5.74, 6) is 0.0711. The van der Waals surface area contributed by atoms with Gasteiger partial charge in [0.25, 0.3) is 0 Å². The number of carbonyl (C=O) groups excluding carboxylic acids is 1. The molecule has 3 nitrogen and oxygen atoms in total. The summed E-state index contributed by atoms with van der Waals surface area (Å²) in [6, 6.07) is 10.1. The van der Waals surface area contributed by atoms with Gasteiger partial charge in [-0.3, -0.25) is 4.79 Å². The van der Waals surface area contributed by atoms with Crippen molar-refractivity contribution in [3.63, 3.8) is 0 Å². The summed E-state index contributed by atoms with van der Waals surface area (Å²) in [5.41, 5.74) is 6.70. The summed E-state index contributed by atoms with van der Waals surface area (Å²) < 4.78 is 0. The molecule has 3 heteroatoms. The van der Waals surface area contributed by atoms with E-state index in [0.717, 1.165) is 24.9 Å². The number of nitrogens with zero attached hydrogens (tertiary/aromatic N) is 1. The molecule has 1 atom stereocenters. The number of carbonyl (C=O) groups is 1. The zero-order chi connectivity index (χ0) is 12.1. The van der Waals surface area contributed by atoms with E-state index in [9.17, 15) is 4.79 Å². The third-order valence-corrected chi connectivity index (χ3v) is 3.15. The summed E-state index contributed by atoms with van der Waals surface area (Å²) in [6.45, 7) is 1.39. The van der Waals surface area contributed by atoms with Gasteiger partial charge in [-0.2, -0.15) is 0 Å². The fraction of sp³-hybridized carbons (Fsp3) is 0.357. The Kier molecular flexibility index (Phi) is 3.94. The predicted molar refractivity (Wildman–Crippen MR) is 69.3 cm³/mol. The summed E-state index contributed by atoms with van der Waals surface area (Å²) in [5, 5.41) is 0. The first-order valence-electron chi connectivity index (χ1n) is 6.05. The van der Waals surface area contributed by atoms with Gasteiger partial charge in [0, 0.05) is 25.2 Å². The largest absolute Gasteiger partial charge is 0.335 e. The lowest BCUT2D eigenvalue weighted by Crippen LogP contribution is -2.38. The van der Waals surface area contributed by atoms with Crippen LogP contribution in [-0.4, -0.2) is 29.9 Å². The van der Waals surface area contributed by atoms with Crippen molar-refractivity contribution in [3.05, 3.63) is 42.0 Å². The molecule has 17 heavy (non-hydrogen) atoms. The van der Waals surface area contributed by atoms with Crippen LogP contribution >= 0.6 is 0 Å². The SMILES string of the molecule is NCC1CCCN1C(=O)/C=C/c1ccccc1. The van der Waals surface area contributed by atoms with Crippen LogP contribution in [0.3, 0.4) is 0 Å². The van der Waals surface area contributed by atoms with Gasteiger partial charge in [-0.1, -0.05) is 30.3 Å². The van der Waals surface area contributed by atoms with E-state index in [-0.39, 0.29) is 11.9 Å². The second-order valence-electron chi connectivity index (χ2n) is 4.31. The van der Waals surface area contributed by atoms with Gasteiger partial charge >= 0.3 is 0 Å². The number of hydrogen-bond acceptors (Lipinski definition) is 2. The molecule has 0 spiro atoms. The molecule has 90 valence electrons. The highest BCUT2D eigenvalue weighted by atomic mass is 16.2. The lowest BCUT2D eigenvalue weighted by Gasteiger charge is -2.21. The van der Waals surface area contributed by atoms with Gasteiger partial charge in [-0.05, 0) is 24.5 Å².